The number of aliphatic imine (C=N–C) groups is 1. The molecule has 2 atom stereocenters. The van der Waals surface area contributed by atoms with Crippen LogP contribution in [0.15, 0.2) is 64.8 Å². The fraction of sp³-hybridized carbons (Fsp3) is 0.320. The molecule has 1 amide bonds. The lowest BCUT2D eigenvalue weighted by molar-refractivity contribution is -0.141. The second kappa shape index (κ2) is 9.70. The molecule has 33 heavy (non-hydrogen) atoms. The molecule has 2 heterocycles. The molecule has 0 aliphatic carbocycles. The summed E-state index contributed by atoms with van der Waals surface area (Å²) in [5.74, 6) is 0.507. The van der Waals surface area contributed by atoms with Gasteiger partial charge in [-0.3, -0.25) is 9.69 Å². The molecule has 0 aromatic heterocycles. The molecule has 1 saturated heterocycles. The van der Waals surface area contributed by atoms with Crippen LogP contribution in [0.25, 0.3) is 0 Å². The summed E-state index contributed by atoms with van der Waals surface area (Å²) in [5, 5.41) is 0.364. The van der Waals surface area contributed by atoms with Crippen molar-refractivity contribution in [1.29, 1.82) is 0 Å². The summed E-state index contributed by atoms with van der Waals surface area (Å²) in [6.45, 7) is 3.88. The Morgan fingerprint density at radius 1 is 1.09 bits per heavy atom. The summed E-state index contributed by atoms with van der Waals surface area (Å²) >= 11 is 1.43. The number of amides is 1. The molecular formula is C25H26N2O5S. The number of ether oxygens (including phenoxy) is 3. The number of thioether (sulfide) groups is 1. The number of benzene rings is 2. The summed E-state index contributed by atoms with van der Waals surface area (Å²) < 4.78 is 16.5. The van der Waals surface area contributed by atoms with Crippen LogP contribution in [0.5, 0.6) is 11.5 Å². The van der Waals surface area contributed by atoms with E-state index >= 15 is 0 Å². The first-order valence-electron chi connectivity index (χ1n) is 10.7. The zero-order valence-electron chi connectivity index (χ0n) is 19.0. The van der Waals surface area contributed by atoms with Crippen LogP contribution in [-0.4, -0.2) is 41.4 Å². The van der Waals surface area contributed by atoms with E-state index in [0.29, 0.717) is 34.4 Å². The second-order valence-corrected chi connectivity index (χ2v) is 8.87. The molecule has 172 valence electrons. The van der Waals surface area contributed by atoms with Crippen molar-refractivity contribution in [2.24, 2.45) is 4.99 Å². The minimum absolute atomic E-state index is 0.0677. The maximum Gasteiger partial charge on any atom is 0.338 e. The molecule has 0 spiro atoms. The molecule has 8 heteroatoms. The van der Waals surface area contributed by atoms with Gasteiger partial charge in [0.25, 0.3) is 0 Å². The van der Waals surface area contributed by atoms with Crippen molar-refractivity contribution in [2.75, 3.05) is 14.2 Å². The minimum atomic E-state index is -0.669. The van der Waals surface area contributed by atoms with Crippen LogP contribution in [0.1, 0.15) is 37.4 Å². The average Bonchev–Trinajstić information content (AvgIpc) is 3.16. The average molecular weight is 467 g/mol. The van der Waals surface area contributed by atoms with E-state index in [2.05, 4.69) is 4.99 Å². The highest BCUT2D eigenvalue weighted by Gasteiger charge is 2.47. The smallest absolute Gasteiger partial charge is 0.338 e. The number of fused-ring (bicyclic) bond motifs is 1. The van der Waals surface area contributed by atoms with Crippen LogP contribution >= 0.6 is 11.8 Å². The molecule has 0 N–H and O–H groups in total. The molecule has 2 aliphatic heterocycles. The number of nitrogens with zero attached hydrogens (tertiary/aromatic N) is 2. The number of carbonyl (C=O) groups excluding carboxylic acids is 2. The van der Waals surface area contributed by atoms with Gasteiger partial charge < -0.3 is 14.2 Å². The van der Waals surface area contributed by atoms with E-state index in [9.17, 15) is 9.59 Å². The first-order valence-corrected chi connectivity index (χ1v) is 11.6. The Morgan fingerprint density at radius 3 is 2.48 bits per heavy atom. The molecule has 0 bridgehead atoms. The maximum absolute atomic E-state index is 13.3. The number of hydrogen-bond donors (Lipinski definition) is 0. The van der Waals surface area contributed by atoms with E-state index < -0.39 is 12.0 Å². The molecule has 0 unspecified atom stereocenters. The van der Waals surface area contributed by atoms with Crippen molar-refractivity contribution < 1.29 is 23.8 Å². The molecular weight excluding hydrogens is 440 g/mol. The van der Waals surface area contributed by atoms with Crippen LogP contribution in [0.2, 0.25) is 0 Å². The number of carbonyl (C=O) groups is 2. The van der Waals surface area contributed by atoms with Crippen molar-refractivity contribution in [2.45, 2.75) is 38.2 Å². The van der Waals surface area contributed by atoms with Crippen molar-refractivity contribution in [3.8, 4) is 11.5 Å². The number of esters is 1. The largest absolute Gasteiger partial charge is 0.493 e. The SMILES string of the molecule is CC[C@@H]1SC2=NC(C)=C(C(=O)OCc3ccccc3)[C@H](c3ccc(OC)c(OC)c3)N2C1=O. The predicted molar refractivity (Wildman–Crippen MR) is 127 cm³/mol. The number of allylic oxidation sites excluding steroid dienone is 1. The van der Waals surface area contributed by atoms with E-state index in [4.69, 9.17) is 14.2 Å². The molecule has 0 radical (unpaired) electrons. The zero-order chi connectivity index (χ0) is 23.5. The summed E-state index contributed by atoms with van der Waals surface area (Å²) in [6.07, 6.45) is 0.671. The standard InChI is InChI=1S/C25H26N2O5S/c1-5-20-23(28)27-22(17-11-12-18(30-3)19(13-17)31-4)21(15(2)26-25(27)33-20)24(29)32-14-16-9-7-6-8-10-16/h6-13,20,22H,5,14H2,1-4H3/t20-,22-/m0/s1. The normalized spacial score (nSPS) is 19.8. The van der Waals surface area contributed by atoms with Gasteiger partial charge in [0.05, 0.1) is 36.8 Å². The minimum Gasteiger partial charge on any atom is -0.493 e. The zero-order valence-corrected chi connectivity index (χ0v) is 19.8. The lowest BCUT2D eigenvalue weighted by Gasteiger charge is -2.33. The molecule has 2 aromatic rings. The van der Waals surface area contributed by atoms with Crippen LogP contribution in [0.3, 0.4) is 0 Å². The van der Waals surface area contributed by atoms with E-state index in [1.165, 1.54) is 11.8 Å². The molecule has 1 fully saturated rings. The van der Waals surface area contributed by atoms with Crippen LogP contribution < -0.4 is 9.47 Å². The Hall–Kier alpha value is -3.26. The summed E-state index contributed by atoms with van der Waals surface area (Å²) in [6, 6.07) is 14.2. The van der Waals surface area contributed by atoms with Gasteiger partial charge in [-0.15, -0.1) is 0 Å². The van der Waals surface area contributed by atoms with Gasteiger partial charge in [0, 0.05) is 0 Å². The highest BCUT2D eigenvalue weighted by Crippen LogP contribution is 2.45. The topological polar surface area (TPSA) is 77.4 Å². The first-order chi connectivity index (χ1) is 16.0. The fourth-order valence-electron chi connectivity index (χ4n) is 3.99. The van der Waals surface area contributed by atoms with Gasteiger partial charge in [-0.2, -0.15) is 0 Å². The third-order valence-electron chi connectivity index (χ3n) is 5.68. The quantitative estimate of drug-likeness (QED) is 0.560. The van der Waals surface area contributed by atoms with E-state index in [1.54, 1.807) is 38.2 Å². The van der Waals surface area contributed by atoms with Crippen LogP contribution in [-0.2, 0) is 20.9 Å². The molecule has 7 nitrogen and oxygen atoms in total. The maximum atomic E-state index is 13.3. The first kappa shape index (κ1) is 22.9. The van der Waals surface area contributed by atoms with Gasteiger partial charge in [0.1, 0.15) is 6.61 Å². The second-order valence-electron chi connectivity index (χ2n) is 7.70. The third-order valence-corrected chi connectivity index (χ3v) is 7.00. The Bertz CT molecular complexity index is 1130. The van der Waals surface area contributed by atoms with Gasteiger partial charge >= 0.3 is 5.97 Å². The Balaban J connectivity index is 1.75. The summed E-state index contributed by atoms with van der Waals surface area (Å²) in [7, 11) is 3.11. The predicted octanol–water partition coefficient (Wildman–Crippen LogP) is 4.49. The number of amidine groups is 1. The monoisotopic (exact) mass is 466 g/mol. The summed E-state index contributed by atoms with van der Waals surface area (Å²) in [4.78, 5) is 32.8. The van der Waals surface area contributed by atoms with Crippen molar-refractivity contribution in [3.05, 3.63) is 70.9 Å². The summed E-state index contributed by atoms with van der Waals surface area (Å²) in [5.41, 5.74) is 2.48. The Labute approximate surface area is 197 Å². The van der Waals surface area contributed by atoms with E-state index in [-0.39, 0.29) is 17.8 Å². The lowest BCUT2D eigenvalue weighted by atomic mass is 9.93. The van der Waals surface area contributed by atoms with Crippen LogP contribution in [0.4, 0.5) is 0 Å². The fourth-order valence-corrected chi connectivity index (χ4v) is 5.12. The van der Waals surface area contributed by atoms with Gasteiger partial charge in [0.15, 0.2) is 16.7 Å². The lowest BCUT2D eigenvalue weighted by Crippen LogP contribution is -2.40. The van der Waals surface area contributed by atoms with Gasteiger partial charge in [0.2, 0.25) is 5.91 Å². The molecule has 2 aromatic carbocycles. The number of hydrogen-bond acceptors (Lipinski definition) is 7. The highest BCUT2D eigenvalue weighted by atomic mass is 32.2. The van der Waals surface area contributed by atoms with Crippen LogP contribution in [0, 0.1) is 0 Å². The molecule has 4 rings (SSSR count). The van der Waals surface area contributed by atoms with Crippen molar-refractivity contribution in [3.63, 3.8) is 0 Å². The van der Waals surface area contributed by atoms with Crippen molar-refractivity contribution in [1.82, 2.24) is 4.90 Å². The van der Waals surface area contributed by atoms with Gasteiger partial charge in [-0.05, 0) is 36.6 Å². The van der Waals surface area contributed by atoms with Crippen molar-refractivity contribution >= 4 is 28.8 Å². The molecule has 0 saturated carbocycles. The number of methoxy groups -OCH3 is 2. The van der Waals surface area contributed by atoms with E-state index in [1.807, 2.05) is 43.3 Å². The Morgan fingerprint density at radius 2 is 1.82 bits per heavy atom. The Kier molecular flexibility index (Phi) is 6.74. The van der Waals surface area contributed by atoms with Gasteiger partial charge in [-0.1, -0.05) is 55.1 Å². The number of rotatable bonds is 7. The molecule has 2 aliphatic rings. The third kappa shape index (κ3) is 4.35. The van der Waals surface area contributed by atoms with E-state index in [0.717, 1.165) is 11.1 Å². The van der Waals surface area contributed by atoms with Gasteiger partial charge in [-0.25, -0.2) is 9.79 Å². The highest BCUT2D eigenvalue weighted by molar-refractivity contribution is 8.15.